The molecule has 0 radical (unpaired) electrons. The van der Waals surface area contributed by atoms with Crippen LogP contribution in [0.4, 0.5) is 4.79 Å². The van der Waals surface area contributed by atoms with E-state index in [-0.39, 0.29) is 6.09 Å². The summed E-state index contributed by atoms with van der Waals surface area (Å²) in [4.78, 5) is 13.9. The number of piperidine rings is 1. The van der Waals surface area contributed by atoms with Crippen LogP contribution in [0.5, 0.6) is 5.75 Å². The first-order chi connectivity index (χ1) is 11.8. The second-order valence-corrected chi connectivity index (χ2v) is 6.09. The van der Waals surface area contributed by atoms with Gasteiger partial charge in [0.1, 0.15) is 12.4 Å². The van der Waals surface area contributed by atoms with E-state index in [1.165, 1.54) is 0 Å². The Morgan fingerprint density at radius 2 is 1.58 bits per heavy atom. The highest BCUT2D eigenvalue weighted by molar-refractivity contribution is 5.67. The lowest BCUT2D eigenvalue weighted by Gasteiger charge is -2.31. The van der Waals surface area contributed by atoms with Gasteiger partial charge in [-0.25, -0.2) is 4.79 Å². The number of hydrogen-bond donors (Lipinski definition) is 0. The molecule has 0 bridgehead atoms. The Kier molecular flexibility index (Phi) is 5.72. The van der Waals surface area contributed by atoms with Crippen molar-refractivity contribution in [2.24, 2.45) is 5.92 Å². The molecule has 0 N–H and O–H groups in total. The summed E-state index contributed by atoms with van der Waals surface area (Å²) in [5.74, 6) is 1.39. The molecule has 126 valence electrons. The van der Waals surface area contributed by atoms with Crippen molar-refractivity contribution >= 4 is 6.09 Å². The molecule has 0 aromatic heterocycles. The lowest BCUT2D eigenvalue weighted by molar-refractivity contribution is 0.0761. The van der Waals surface area contributed by atoms with Crippen LogP contribution in [0, 0.1) is 5.92 Å². The van der Waals surface area contributed by atoms with Crippen LogP contribution in [-0.2, 0) is 11.3 Å². The molecule has 1 aliphatic rings. The van der Waals surface area contributed by atoms with Gasteiger partial charge in [0.2, 0.25) is 0 Å². The lowest BCUT2D eigenvalue weighted by atomic mass is 9.98. The van der Waals surface area contributed by atoms with Crippen LogP contribution in [0.1, 0.15) is 18.4 Å². The maximum Gasteiger partial charge on any atom is 0.410 e. The zero-order valence-corrected chi connectivity index (χ0v) is 13.8. The van der Waals surface area contributed by atoms with Gasteiger partial charge in [-0.1, -0.05) is 48.5 Å². The van der Waals surface area contributed by atoms with Gasteiger partial charge in [-0.3, -0.25) is 0 Å². The van der Waals surface area contributed by atoms with Gasteiger partial charge in [0.05, 0.1) is 6.61 Å². The van der Waals surface area contributed by atoms with E-state index in [2.05, 4.69) is 0 Å². The number of ether oxygens (including phenoxy) is 2. The summed E-state index contributed by atoms with van der Waals surface area (Å²) in [7, 11) is 0. The predicted octanol–water partition coefficient (Wildman–Crippen LogP) is 4.11. The summed E-state index contributed by atoms with van der Waals surface area (Å²) >= 11 is 0. The van der Waals surface area contributed by atoms with Crippen molar-refractivity contribution in [2.45, 2.75) is 19.4 Å². The fourth-order valence-electron chi connectivity index (χ4n) is 2.82. The monoisotopic (exact) mass is 325 g/mol. The largest absolute Gasteiger partial charge is 0.493 e. The highest BCUT2D eigenvalue weighted by Crippen LogP contribution is 2.20. The molecule has 1 aliphatic heterocycles. The average molecular weight is 325 g/mol. The Balaban J connectivity index is 1.37. The number of rotatable bonds is 5. The Morgan fingerprint density at radius 1 is 0.958 bits per heavy atom. The van der Waals surface area contributed by atoms with Crippen LogP contribution in [0.2, 0.25) is 0 Å². The van der Waals surface area contributed by atoms with Gasteiger partial charge in [0.25, 0.3) is 0 Å². The summed E-state index contributed by atoms with van der Waals surface area (Å²) < 4.78 is 11.2. The smallest absolute Gasteiger partial charge is 0.410 e. The standard InChI is InChI=1S/C20H23NO3/c22-20(24-16-17-7-3-1-4-8-17)21-13-11-18(12-14-21)15-23-19-9-5-2-6-10-19/h1-10,18H,11-16H2. The van der Waals surface area contributed by atoms with Gasteiger partial charge >= 0.3 is 6.09 Å². The Hall–Kier alpha value is -2.49. The van der Waals surface area contributed by atoms with E-state index in [1.807, 2.05) is 60.7 Å². The molecule has 1 fully saturated rings. The Bertz CT molecular complexity index is 622. The number of carbonyl (C=O) groups excluding carboxylic acids is 1. The molecule has 1 saturated heterocycles. The summed E-state index contributed by atoms with van der Waals surface area (Å²) in [6.45, 7) is 2.50. The quantitative estimate of drug-likeness (QED) is 0.830. The molecule has 0 unspecified atom stereocenters. The van der Waals surface area contributed by atoms with E-state index in [1.54, 1.807) is 4.90 Å². The number of para-hydroxylation sites is 1. The molecule has 0 aliphatic carbocycles. The molecule has 4 nitrogen and oxygen atoms in total. The first-order valence-electron chi connectivity index (χ1n) is 8.45. The van der Waals surface area contributed by atoms with Crippen LogP contribution < -0.4 is 4.74 Å². The van der Waals surface area contributed by atoms with Crippen LogP contribution in [0.25, 0.3) is 0 Å². The number of amides is 1. The highest BCUT2D eigenvalue weighted by Gasteiger charge is 2.24. The zero-order chi connectivity index (χ0) is 16.6. The van der Waals surface area contributed by atoms with Gasteiger partial charge in [-0.05, 0) is 36.5 Å². The molecule has 2 aromatic carbocycles. The van der Waals surface area contributed by atoms with Crippen LogP contribution in [0.3, 0.4) is 0 Å². The second-order valence-electron chi connectivity index (χ2n) is 6.09. The number of likely N-dealkylation sites (tertiary alicyclic amines) is 1. The van der Waals surface area contributed by atoms with Crippen molar-refractivity contribution in [3.63, 3.8) is 0 Å². The summed E-state index contributed by atoms with van der Waals surface area (Å²) in [6, 6.07) is 19.6. The van der Waals surface area contributed by atoms with Crippen molar-refractivity contribution < 1.29 is 14.3 Å². The van der Waals surface area contributed by atoms with Crippen molar-refractivity contribution in [3.8, 4) is 5.75 Å². The SMILES string of the molecule is O=C(OCc1ccccc1)N1CCC(COc2ccccc2)CC1. The molecule has 3 rings (SSSR count). The third-order valence-electron chi connectivity index (χ3n) is 4.31. The molecule has 0 spiro atoms. The minimum absolute atomic E-state index is 0.221. The molecular formula is C20H23NO3. The minimum Gasteiger partial charge on any atom is -0.493 e. The van der Waals surface area contributed by atoms with E-state index in [0.29, 0.717) is 19.1 Å². The molecule has 0 saturated carbocycles. The lowest BCUT2D eigenvalue weighted by Crippen LogP contribution is -2.39. The van der Waals surface area contributed by atoms with Crippen molar-refractivity contribution in [1.82, 2.24) is 4.90 Å². The molecule has 4 heteroatoms. The normalized spacial score (nSPS) is 15.1. The van der Waals surface area contributed by atoms with Gasteiger partial charge in [-0.15, -0.1) is 0 Å². The molecular weight excluding hydrogens is 302 g/mol. The van der Waals surface area contributed by atoms with Crippen LogP contribution in [-0.4, -0.2) is 30.7 Å². The molecule has 1 amide bonds. The summed E-state index contributed by atoms with van der Waals surface area (Å²) in [5, 5.41) is 0. The minimum atomic E-state index is -0.221. The Morgan fingerprint density at radius 3 is 2.25 bits per heavy atom. The maximum atomic E-state index is 12.1. The van der Waals surface area contributed by atoms with Gasteiger partial charge < -0.3 is 14.4 Å². The van der Waals surface area contributed by atoms with Crippen LogP contribution >= 0.6 is 0 Å². The molecule has 24 heavy (non-hydrogen) atoms. The van der Waals surface area contributed by atoms with E-state index < -0.39 is 0 Å². The first kappa shape index (κ1) is 16.4. The third kappa shape index (κ3) is 4.75. The van der Waals surface area contributed by atoms with Gasteiger partial charge in [-0.2, -0.15) is 0 Å². The van der Waals surface area contributed by atoms with Crippen LogP contribution in [0.15, 0.2) is 60.7 Å². The summed E-state index contributed by atoms with van der Waals surface area (Å²) in [6.07, 6.45) is 1.68. The summed E-state index contributed by atoms with van der Waals surface area (Å²) in [5.41, 5.74) is 1.01. The topological polar surface area (TPSA) is 38.8 Å². The Labute approximate surface area is 143 Å². The van der Waals surface area contributed by atoms with Gasteiger partial charge in [0.15, 0.2) is 0 Å². The fraction of sp³-hybridized carbons (Fsp3) is 0.350. The number of benzene rings is 2. The van der Waals surface area contributed by atoms with Crippen molar-refractivity contribution in [3.05, 3.63) is 66.2 Å². The second kappa shape index (κ2) is 8.39. The number of carbonyl (C=O) groups is 1. The van der Waals surface area contributed by atoms with E-state index in [4.69, 9.17) is 9.47 Å². The zero-order valence-electron chi connectivity index (χ0n) is 13.8. The van der Waals surface area contributed by atoms with E-state index >= 15 is 0 Å². The van der Waals surface area contributed by atoms with Gasteiger partial charge in [0, 0.05) is 13.1 Å². The molecule has 0 atom stereocenters. The average Bonchev–Trinajstić information content (AvgIpc) is 2.66. The number of nitrogens with zero attached hydrogens (tertiary/aromatic N) is 1. The van der Waals surface area contributed by atoms with E-state index in [0.717, 1.165) is 37.2 Å². The molecule has 1 heterocycles. The third-order valence-corrected chi connectivity index (χ3v) is 4.31. The molecule has 2 aromatic rings. The predicted molar refractivity (Wildman–Crippen MR) is 92.9 cm³/mol. The number of hydrogen-bond acceptors (Lipinski definition) is 3. The maximum absolute atomic E-state index is 12.1. The van der Waals surface area contributed by atoms with E-state index in [9.17, 15) is 4.79 Å². The fourth-order valence-corrected chi connectivity index (χ4v) is 2.82. The first-order valence-corrected chi connectivity index (χ1v) is 8.45. The van der Waals surface area contributed by atoms with Crippen molar-refractivity contribution in [2.75, 3.05) is 19.7 Å². The van der Waals surface area contributed by atoms with Crippen molar-refractivity contribution in [1.29, 1.82) is 0 Å². The highest BCUT2D eigenvalue weighted by atomic mass is 16.6.